The average Bonchev–Trinajstić information content (AvgIpc) is 2.96. The standard InChI is InChI=1S/C17H16ClO2/c18-17-4-2-1-3-14(17)11-13-5-7-15(8-6-13)20-16-9-10-19-12-16/h2-8,16H,9-12H2/t16-/m0/s1. The molecule has 103 valence electrons. The molecule has 2 aromatic carbocycles. The molecule has 0 spiro atoms. The summed E-state index contributed by atoms with van der Waals surface area (Å²) in [4.78, 5) is 0. The van der Waals surface area contributed by atoms with Crippen molar-refractivity contribution in [2.24, 2.45) is 0 Å². The van der Waals surface area contributed by atoms with E-state index in [0.29, 0.717) is 6.61 Å². The van der Waals surface area contributed by atoms with E-state index < -0.39 is 0 Å². The SMILES string of the molecule is Clc1cc[c]cc1Cc1ccc(O[C@H]2CCOC2)cc1. The van der Waals surface area contributed by atoms with Gasteiger partial charge in [0, 0.05) is 11.4 Å². The number of hydrogen-bond donors (Lipinski definition) is 0. The fraction of sp³-hybridized carbons (Fsp3) is 0.294. The highest BCUT2D eigenvalue weighted by atomic mass is 35.5. The van der Waals surface area contributed by atoms with Crippen LogP contribution in [0.25, 0.3) is 0 Å². The van der Waals surface area contributed by atoms with Gasteiger partial charge < -0.3 is 9.47 Å². The summed E-state index contributed by atoms with van der Waals surface area (Å²) < 4.78 is 11.1. The summed E-state index contributed by atoms with van der Waals surface area (Å²) in [5.41, 5.74) is 2.30. The third kappa shape index (κ3) is 3.33. The van der Waals surface area contributed by atoms with Gasteiger partial charge in [-0.1, -0.05) is 29.8 Å². The van der Waals surface area contributed by atoms with Crippen LogP contribution in [0.2, 0.25) is 5.02 Å². The summed E-state index contributed by atoms with van der Waals surface area (Å²) >= 11 is 6.16. The lowest BCUT2D eigenvalue weighted by Crippen LogP contribution is -2.15. The molecule has 0 bridgehead atoms. The summed E-state index contributed by atoms with van der Waals surface area (Å²) in [6, 6.07) is 16.9. The second-order valence-corrected chi connectivity index (χ2v) is 5.35. The topological polar surface area (TPSA) is 18.5 Å². The van der Waals surface area contributed by atoms with E-state index in [4.69, 9.17) is 21.1 Å². The lowest BCUT2D eigenvalue weighted by molar-refractivity contribution is 0.141. The highest BCUT2D eigenvalue weighted by molar-refractivity contribution is 6.31. The lowest BCUT2D eigenvalue weighted by atomic mass is 10.1. The first-order valence-corrected chi connectivity index (χ1v) is 7.17. The Bertz CT molecular complexity index is 559. The van der Waals surface area contributed by atoms with E-state index in [0.717, 1.165) is 35.8 Å². The molecule has 1 aliphatic heterocycles. The average molecular weight is 288 g/mol. The summed E-state index contributed by atoms with van der Waals surface area (Å²) in [6.45, 7) is 1.49. The van der Waals surface area contributed by atoms with E-state index in [1.54, 1.807) is 0 Å². The monoisotopic (exact) mass is 287 g/mol. The molecule has 0 N–H and O–H groups in total. The predicted molar refractivity (Wildman–Crippen MR) is 79.4 cm³/mol. The normalized spacial score (nSPS) is 18.1. The first-order valence-electron chi connectivity index (χ1n) is 6.79. The second-order valence-electron chi connectivity index (χ2n) is 4.94. The Morgan fingerprint density at radius 1 is 1.25 bits per heavy atom. The summed E-state index contributed by atoms with van der Waals surface area (Å²) in [5, 5.41) is 0.784. The summed E-state index contributed by atoms with van der Waals surface area (Å²) in [6.07, 6.45) is 1.97. The van der Waals surface area contributed by atoms with Crippen LogP contribution in [-0.2, 0) is 11.2 Å². The molecule has 1 heterocycles. The Kier molecular flexibility index (Phi) is 4.24. The molecule has 1 aliphatic rings. The zero-order valence-electron chi connectivity index (χ0n) is 11.1. The third-order valence-electron chi connectivity index (χ3n) is 3.40. The van der Waals surface area contributed by atoms with Gasteiger partial charge in [0.2, 0.25) is 0 Å². The van der Waals surface area contributed by atoms with E-state index in [9.17, 15) is 0 Å². The van der Waals surface area contributed by atoms with Crippen LogP contribution in [-0.4, -0.2) is 19.3 Å². The fourth-order valence-electron chi connectivity index (χ4n) is 2.29. The van der Waals surface area contributed by atoms with Crippen molar-refractivity contribution in [1.82, 2.24) is 0 Å². The van der Waals surface area contributed by atoms with Crippen LogP contribution in [0.5, 0.6) is 5.75 Å². The van der Waals surface area contributed by atoms with E-state index >= 15 is 0 Å². The molecule has 0 amide bonds. The lowest BCUT2D eigenvalue weighted by Gasteiger charge is -2.12. The van der Waals surface area contributed by atoms with E-state index in [1.165, 1.54) is 5.56 Å². The van der Waals surface area contributed by atoms with Crippen molar-refractivity contribution >= 4 is 11.6 Å². The summed E-state index contributed by atoms with van der Waals surface area (Å²) in [7, 11) is 0. The van der Waals surface area contributed by atoms with Gasteiger partial charge >= 0.3 is 0 Å². The molecule has 20 heavy (non-hydrogen) atoms. The van der Waals surface area contributed by atoms with Crippen molar-refractivity contribution < 1.29 is 9.47 Å². The molecule has 0 unspecified atom stereocenters. The molecule has 1 atom stereocenters. The maximum absolute atomic E-state index is 6.16. The van der Waals surface area contributed by atoms with Crippen LogP contribution in [0.15, 0.2) is 42.5 Å². The van der Waals surface area contributed by atoms with Crippen LogP contribution in [0.1, 0.15) is 17.5 Å². The van der Waals surface area contributed by atoms with Crippen LogP contribution >= 0.6 is 11.6 Å². The van der Waals surface area contributed by atoms with Gasteiger partial charge in [-0.05, 0) is 47.9 Å². The van der Waals surface area contributed by atoms with E-state index in [2.05, 4.69) is 18.2 Å². The molecule has 3 rings (SSSR count). The Hall–Kier alpha value is -1.51. The quantitative estimate of drug-likeness (QED) is 0.849. The van der Waals surface area contributed by atoms with Gasteiger partial charge in [0.1, 0.15) is 11.9 Å². The van der Waals surface area contributed by atoms with Crippen molar-refractivity contribution in [2.45, 2.75) is 18.9 Å². The van der Waals surface area contributed by atoms with Gasteiger partial charge in [-0.15, -0.1) is 0 Å². The van der Waals surface area contributed by atoms with Gasteiger partial charge in [0.15, 0.2) is 0 Å². The molecular formula is C17H16ClO2. The maximum atomic E-state index is 6.16. The first-order chi connectivity index (χ1) is 9.81. The number of benzene rings is 2. The van der Waals surface area contributed by atoms with Crippen LogP contribution in [0.4, 0.5) is 0 Å². The van der Waals surface area contributed by atoms with Gasteiger partial charge in [-0.2, -0.15) is 0 Å². The number of rotatable bonds is 4. The fourth-order valence-corrected chi connectivity index (χ4v) is 2.47. The van der Waals surface area contributed by atoms with Gasteiger partial charge in [0.05, 0.1) is 13.2 Å². The van der Waals surface area contributed by atoms with Crippen molar-refractivity contribution in [3.63, 3.8) is 0 Å². The molecule has 0 aromatic heterocycles. The minimum atomic E-state index is 0.194. The largest absolute Gasteiger partial charge is 0.488 e. The van der Waals surface area contributed by atoms with E-state index in [1.807, 2.05) is 30.3 Å². The van der Waals surface area contributed by atoms with Gasteiger partial charge in [-0.3, -0.25) is 0 Å². The van der Waals surface area contributed by atoms with E-state index in [-0.39, 0.29) is 6.10 Å². The predicted octanol–water partition coefficient (Wildman–Crippen LogP) is 3.90. The van der Waals surface area contributed by atoms with Crippen molar-refractivity contribution in [1.29, 1.82) is 0 Å². The molecule has 1 saturated heterocycles. The van der Waals surface area contributed by atoms with Crippen molar-refractivity contribution in [3.05, 3.63) is 64.7 Å². The van der Waals surface area contributed by atoms with Gasteiger partial charge in [-0.25, -0.2) is 0 Å². The van der Waals surface area contributed by atoms with Crippen molar-refractivity contribution in [3.8, 4) is 5.75 Å². The smallest absolute Gasteiger partial charge is 0.124 e. The number of ether oxygens (including phenoxy) is 2. The van der Waals surface area contributed by atoms with Crippen LogP contribution in [0.3, 0.4) is 0 Å². The van der Waals surface area contributed by atoms with Crippen LogP contribution < -0.4 is 4.74 Å². The Labute approximate surface area is 124 Å². The molecule has 3 heteroatoms. The Morgan fingerprint density at radius 2 is 2.10 bits per heavy atom. The minimum Gasteiger partial charge on any atom is -0.488 e. The minimum absolute atomic E-state index is 0.194. The van der Waals surface area contributed by atoms with Crippen LogP contribution in [0, 0.1) is 6.07 Å². The molecule has 2 nitrogen and oxygen atoms in total. The zero-order chi connectivity index (χ0) is 13.8. The molecule has 0 saturated carbocycles. The third-order valence-corrected chi connectivity index (χ3v) is 3.77. The molecule has 2 aromatic rings. The maximum Gasteiger partial charge on any atom is 0.124 e. The Balaban J connectivity index is 1.65. The zero-order valence-corrected chi connectivity index (χ0v) is 11.9. The number of hydrogen-bond acceptors (Lipinski definition) is 2. The number of halogens is 1. The molecule has 1 radical (unpaired) electrons. The highest BCUT2D eigenvalue weighted by Crippen LogP contribution is 2.21. The molecular weight excluding hydrogens is 272 g/mol. The highest BCUT2D eigenvalue weighted by Gasteiger charge is 2.16. The van der Waals surface area contributed by atoms with Gasteiger partial charge in [0.25, 0.3) is 0 Å². The molecule has 1 fully saturated rings. The second kappa shape index (κ2) is 6.29. The van der Waals surface area contributed by atoms with Crippen molar-refractivity contribution in [2.75, 3.05) is 13.2 Å². The Morgan fingerprint density at radius 3 is 2.80 bits per heavy atom. The molecule has 0 aliphatic carbocycles. The summed E-state index contributed by atoms with van der Waals surface area (Å²) in [5.74, 6) is 0.898. The first kappa shape index (κ1) is 13.5.